The summed E-state index contributed by atoms with van der Waals surface area (Å²) in [5.41, 5.74) is 4.01. The van der Waals surface area contributed by atoms with Gasteiger partial charge in [0.25, 0.3) is 0 Å². The fraction of sp³-hybridized carbons (Fsp3) is 0.0870. The van der Waals surface area contributed by atoms with Gasteiger partial charge < -0.3 is 5.32 Å². The Morgan fingerprint density at radius 2 is 1.65 bits per heavy atom. The standard InChI is InChI=1S/C23H19N5O2S/c1-15-12-13-19(16(2)14-15)24-21-18-10-6-7-11-20(18)28-22(25-21)23(26-27-28)31(29,30)17-8-4-3-5-9-17/h3-14H,1-2H3,(H,24,25). The van der Waals surface area contributed by atoms with Crippen LogP contribution in [0.1, 0.15) is 11.1 Å². The highest BCUT2D eigenvalue weighted by molar-refractivity contribution is 7.91. The van der Waals surface area contributed by atoms with Gasteiger partial charge in [-0.15, -0.1) is 5.10 Å². The van der Waals surface area contributed by atoms with Gasteiger partial charge in [-0.1, -0.05) is 53.2 Å². The molecule has 31 heavy (non-hydrogen) atoms. The average Bonchev–Trinajstić information content (AvgIpc) is 3.21. The van der Waals surface area contributed by atoms with Gasteiger partial charge in [-0.25, -0.2) is 13.4 Å². The predicted octanol–water partition coefficient (Wildman–Crippen LogP) is 4.47. The van der Waals surface area contributed by atoms with E-state index in [0.717, 1.165) is 22.2 Å². The van der Waals surface area contributed by atoms with Gasteiger partial charge in [0.05, 0.1) is 10.4 Å². The summed E-state index contributed by atoms with van der Waals surface area (Å²) in [6.07, 6.45) is 0. The second-order valence-electron chi connectivity index (χ2n) is 7.37. The number of aromatic nitrogens is 4. The Balaban J connectivity index is 1.75. The average molecular weight is 430 g/mol. The molecule has 0 aliphatic carbocycles. The molecule has 5 aromatic rings. The van der Waals surface area contributed by atoms with Gasteiger partial charge in [0, 0.05) is 11.1 Å². The zero-order valence-electron chi connectivity index (χ0n) is 16.9. The van der Waals surface area contributed by atoms with Crippen LogP contribution in [0.15, 0.2) is 82.7 Å². The lowest BCUT2D eigenvalue weighted by Crippen LogP contribution is -2.06. The van der Waals surface area contributed by atoms with Crippen LogP contribution in [0.5, 0.6) is 0 Å². The monoisotopic (exact) mass is 429 g/mol. The van der Waals surface area contributed by atoms with Crippen molar-refractivity contribution in [1.82, 2.24) is 19.8 Å². The lowest BCUT2D eigenvalue weighted by atomic mass is 10.1. The van der Waals surface area contributed by atoms with Crippen molar-refractivity contribution < 1.29 is 8.42 Å². The van der Waals surface area contributed by atoms with Crippen molar-refractivity contribution in [3.05, 3.63) is 83.9 Å². The van der Waals surface area contributed by atoms with Gasteiger partial charge in [0.1, 0.15) is 5.82 Å². The van der Waals surface area contributed by atoms with E-state index in [1.807, 2.05) is 50.2 Å². The van der Waals surface area contributed by atoms with Crippen LogP contribution in [-0.4, -0.2) is 28.2 Å². The lowest BCUT2D eigenvalue weighted by molar-refractivity contribution is 0.592. The molecule has 2 aromatic heterocycles. The van der Waals surface area contributed by atoms with Crippen LogP contribution >= 0.6 is 0 Å². The Kier molecular flexibility index (Phi) is 4.44. The molecular formula is C23H19N5O2S. The van der Waals surface area contributed by atoms with E-state index < -0.39 is 9.84 Å². The molecule has 1 N–H and O–H groups in total. The molecule has 0 spiro atoms. The topological polar surface area (TPSA) is 89.2 Å². The summed E-state index contributed by atoms with van der Waals surface area (Å²) in [6, 6.07) is 21.8. The quantitative estimate of drug-likeness (QED) is 0.453. The largest absolute Gasteiger partial charge is 0.339 e. The number of rotatable bonds is 4. The van der Waals surface area contributed by atoms with Crippen molar-refractivity contribution in [3.8, 4) is 0 Å². The second-order valence-corrected chi connectivity index (χ2v) is 9.23. The first kappa shape index (κ1) is 19.2. The van der Waals surface area contributed by atoms with E-state index in [-0.39, 0.29) is 15.6 Å². The molecule has 0 saturated carbocycles. The van der Waals surface area contributed by atoms with Gasteiger partial charge in [-0.05, 0) is 49.7 Å². The second kappa shape index (κ2) is 7.17. The number of para-hydroxylation sites is 1. The van der Waals surface area contributed by atoms with Crippen molar-refractivity contribution in [2.45, 2.75) is 23.8 Å². The molecule has 7 nitrogen and oxygen atoms in total. The Hall–Kier alpha value is -3.78. The molecule has 0 radical (unpaired) electrons. The number of benzene rings is 3. The van der Waals surface area contributed by atoms with E-state index in [1.165, 1.54) is 16.6 Å². The SMILES string of the molecule is Cc1ccc(Nc2nc3c(S(=O)(=O)c4ccccc4)nnn3c3ccccc23)c(C)c1. The van der Waals surface area contributed by atoms with E-state index in [1.54, 1.807) is 18.2 Å². The van der Waals surface area contributed by atoms with Gasteiger partial charge in [0.2, 0.25) is 14.9 Å². The van der Waals surface area contributed by atoms with Gasteiger partial charge in [0.15, 0.2) is 5.65 Å². The summed E-state index contributed by atoms with van der Waals surface area (Å²) < 4.78 is 27.9. The maximum absolute atomic E-state index is 13.2. The van der Waals surface area contributed by atoms with Crippen molar-refractivity contribution in [1.29, 1.82) is 0 Å². The molecule has 0 aliphatic heterocycles. The number of aryl methyl sites for hydroxylation is 2. The fourth-order valence-electron chi connectivity index (χ4n) is 3.61. The molecule has 0 saturated heterocycles. The number of sulfone groups is 1. The molecule has 3 aromatic carbocycles. The maximum Gasteiger partial charge on any atom is 0.229 e. The normalized spacial score (nSPS) is 11.8. The molecule has 2 heterocycles. The number of hydrogen-bond acceptors (Lipinski definition) is 6. The summed E-state index contributed by atoms with van der Waals surface area (Å²) >= 11 is 0. The molecule has 5 rings (SSSR count). The lowest BCUT2D eigenvalue weighted by Gasteiger charge is -2.13. The van der Waals surface area contributed by atoms with Crippen LogP contribution in [-0.2, 0) is 9.84 Å². The summed E-state index contributed by atoms with van der Waals surface area (Å²) in [6.45, 7) is 4.05. The van der Waals surface area contributed by atoms with Crippen LogP contribution in [0.25, 0.3) is 16.6 Å². The number of hydrogen-bond donors (Lipinski definition) is 1. The first-order valence-corrected chi connectivity index (χ1v) is 11.2. The summed E-state index contributed by atoms with van der Waals surface area (Å²) in [7, 11) is -3.88. The zero-order valence-corrected chi connectivity index (χ0v) is 17.8. The van der Waals surface area contributed by atoms with Gasteiger partial charge >= 0.3 is 0 Å². The molecule has 0 fully saturated rings. The van der Waals surface area contributed by atoms with Crippen LogP contribution < -0.4 is 5.32 Å². The summed E-state index contributed by atoms with van der Waals surface area (Å²) in [5, 5.41) is 12.1. The van der Waals surface area contributed by atoms with Crippen molar-refractivity contribution in [2.75, 3.05) is 5.32 Å². The van der Waals surface area contributed by atoms with Crippen LogP contribution in [0.2, 0.25) is 0 Å². The molecule has 0 aliphatic rings. The van der Waals surface area contributed by atoms with Crippen LogP contribution in [0, 0.1) is 13.8 Å². The molecular weight excluding hydrogens is 410 g/mol. The minimum atomic E-state index is -3.88. The number of anilines is 2. The van der Waals surface area contributed by atoms with Gasteiger partial charge in [-0.3, -0.25) is 0 Å². The third-order valence-electron chi connectivity index (χ3n) is 5.16. The van der Waals surface area contributed by atoms with E-state index >= 15 is 0 Å². The number of fused-ring (bicyclic) bond motifs is 3. The minimum Gasteiger partial charge on any atom is -0.339 e. The van der Waals surface area contributed by atoms with Crippen molar-refractivity contribution >= 4 is 37.9 Å². The summed E-state index contributed by atoms with van der Waals surface area (Å²) in [4.78, 5) is 4.81. The zero-order chi connectivity index (χ0) is 21.6. The maximum atomic E-state index is 13.2. The van der Waals surface area contributed by atoms with Crippen LogP contribution in [0.3, 0.4) is 0 Å². The Labute approximate surface area is 179 Å². The molecule has 0 unspecified atom stereocenters. The molecule has 8 heteroatoms. The van der Waals surface area contributed by atoms with Crippen molar-refractivity contribution in [3.63, 3.8) is 0 Å². The smallest absolute Gasteiger partial charge is 0.229 e. The molecule has 154 valence electrons. The van der Waals surface area contributed by atoms with E-state index in [0.29, 0.717) is 11.3 Å². The summed E-state index contributed by atoms with van der Waals surface area (Å²) in [5.74, 6) is 0.543. The molecule has 0 amide bonds. The molecule has 0 atom stereocenters. The Bertz CT molecular complexity index is 1540. The Morgan fingerprint density at radius 3 is 2.42 bits per heavy atom. The fourth-order valence-corrected chi connectivity index (χ4v) is 4.86. The number of nitrogens with one attached hydrogen (secondary N) is 1. The Morgan fingerprint density at radius 1 is 0.903 bits per heavy atom. The van der Waals surface area contributed by atoms with Crippen LogP contribution in [0.4, 0.5) is 11.5 Å². The van der Waals surface area contributed by atoms with E-state index in [9.17, 15) is 8.42 Å². The van der Waals surface area contributed by atoms with E-state index in [2.05, 4.69) is 26.7 Å². The first-order valence-electron chi connectivity index (χ1n) is 9.74. The van der Waals surface area contributed by atoms with Gasteiger partial charge in [-0.2, -0.15) is 4.52 Å². The number of nitrogens with zero attached hydrogens (tertiary/aromatic N) is 4. The van der Waals surface area contributed by atoms with Crippen molar-refractivity contribution in [2.24, 2.45) is 0 Å². The first-order chi connectivity index (χ1) is 14.9. The minimum absolute atomic E-state index is 0.149. The third kappa shape index (κ3) is 3.21. The highest BCUT2D eigenvalue weighted by atomic mass is 32.2. The predicted molar refractivity (Wildman–Crippen MR) is 119 cm³/mol. The molecule has 0 bridgehead atoms. The highest BCUT2D eigenvalue weighted by Crippen LogP contribution is 2.30. The third-order valence-corrected chi connectivity index (χ3v) is 6.83. The highest BCUT2D eigenvalue weighted by Gasteiger charge is 2.27. The van der Waals surface area contributed by atoms with E-state index in [4.69, 9.17) is 0 Å².